The molecule has 1 aromatic carbocycles. The van der Waals surface area contributed by atoms with Crippen molar-refractivity contribution in [2.24, 2.45) is 0 Å². The first kappa shape index (κ1) is 32.5. The van der Waals surface area contributed by atoms with E-state index in [2.05, 4.69) is 28.0 Å². The number of aliphatic hydroxyl groups excluding tert-OH is 1. The number of aliphatic carboxylic acids is 4. The predicted octanol–water partition coefficient (Wildman–Crippen LogP) is 1.88. The minimum atomic E-state index is -1.26. The summed E-state index contributed by atoms with van der Waals surface area (Å²) in [6.45, 7) is 8.16. The van der Waals surface area contributed by atoms with Gasteiger partial charge in [-0.3, -0.25) is 9.80 Å². The molecule has 1 aromatic rings. The molecule has 1 unspecified atom stereocenters. The first-order valence-electron chi connectivity index (χ1n) is 12.5. The predicted molar refractivity (Wildman–Crippen MR) is 140 cm³/mol. The Hall–Kier alpha value is -3.54. The summed E-state index contributed by atoms with van der Waals surface area (Å²) >= 11 is 0. The van der Waals surface area contributed by atoms with Crippen molar-refractivity contribution < 1.29 is 44.7 Å². The van der Waals surface area contributed by atoms with Crippen LogP contribution in [0.15, 0.2) is 42.5 Å². The lowest BCUT2D eigenvalue weighted by molar-refractivity contribution is -0.134. The molecule has 5 N–H and O–H groups in total. The third-order valence-corrected chi connectivity index (χ3v) is 5.79. The minimum absolute atomic E-state index is 0.212. The first-order valence-corrected chi connectivity index (χ1v) is 12.5. The summed E-state index contributed by atoms with van der Waals surface area (Å²) in [6, 6.07) is 7.18. The quantitative estimate of drug-likeness (QED) is 0.243. The van der Waals surface area contributed by atoms with Gasteiger partial charge in [-0.1, -0.05) is 24.6 Å². The number of benzene rings is 1. The number of aryl methyl sites for hydroxylation is 2. The fourth-order valence-electron chi connectivity index (χ4n) is 4.11. The Bertz CT molecular complexity index is 915. The molecule has 2 aliphatic rings. The number of carboxylic acid groups (broad SMARTS) is 4. The maximum Gasteiger partial charge on any atom is 0.328 e. The van der Waals surface area contributed by atoms with E-state index in [4.69, 9.17) is 20.4 Å². The third-order valence-electron chi connectivity index (χ3n) is 5.79. The number of carbonyl (C=O) groups is 4. The summed E-state index contributed by atoms with van der Waals surface area (Å²) in [6.07, 6.45) is 8.66. The Morgan fingerprint density at radius 1 is 0.737 bits per heavy atom. The van der Waals surface area contributed by atoms with E-state index in [1.54, 1.807) is 11.1 Å². The SMILES string of the molecule is CC(O)CN1CCN(Cc2ccc3c(c2)CCCCC3)CC1.O=C(O)/C=C/C(=O)O.O=C(O)/C=C/C(=O)O. The zero-order valence-corrected chi connectivity index (χ0v) is 21.7. The van der Waals surface area contributed by atoms with E-state index in [9.17, 15) is 24.3 Å². The van der Waals surface area contributed by atoms with E-state index in [0.29, 0.717) is 24.3 Å². The zero-order chi connectivity index (χ0) is 28.5. The Balaban J connectivity index is 0.000000374. The van der Waals surface area contributed by atoms with Gasteiger partial charge in [-0.2, -0.15) is 0 Å². The van der Waals surface area contributed by atoms with Gasteiger partial charge in [0.25, 0.3) is 0 Å². The van der Waals surface area contributed by atoms with Crippen molar-refractivity contribution in [2.75, 3.05) is 32.7 Å². The second-order valence-corrected chi connectivity index (χ2v) is 9.11. The monoisotopic (exact) mass is 534 g/mol. The number of hydrogen-bond acceptors (Lipinski definition) is 7. The highest BCUT2D eigenvalue weighted by atomic mass is 16.4. The van der Waals surface area contributed by atoms with E-state index in [0.717, 1.165) is 39.3 Å². The van der Waals surface area contributed by atoms with Crippen LogP contribution in [0.1, 0.15) is 42.9 Å². The van der Waals surface area contributed by atoms with Crippen LogP contribution in [0.3, 0.4) is 0 Å². The largest absolute Gasteiger partial charge is 0.478 e. The van der Waals surface area contributed by atoms with E-state index in [1.165, 1.54) is 37.7 Å². The van der Waals surface area contributed by atoms with Crippen LogP contribution in [0.4, 0.5) is 0 Å². The van der Waals surface area contributed by atoms with Gasteiger partial charge in [-0.15, -0.1) is 0 Å². The molecule has 1 aliphatic carbocycles. The van der Waals surface area contributed by atoms with Crippen LogP contribution >= 0.6 is 0 Å². The van der Waals surface area contributed by atoms with Gasteiger partial charge in [0.2, 0.25) is 0 Å². The van der Waals surface area contributed by atoms with Crippen molar-refractivity contribution in [3.05, 3.63) is 59.2 Å². The molecule has 3 rings (SSSR count). The number of hydrogen-bond donors (Lipinski definition) is 5. The number of rotatable bonds is 8. The molecular weight excluding hydrogens is 496 g/mol. The zero-order valence-electron chi connectivity index (χ0n) is 21.7. The average molecular weight is 535 g/mol. The highest BCUT2D eigenvalue weighted by molar-refractivity contribution is 5.90. The maximum atomic E-state index is 9.55. The van der Waals surface area contributed by atoms with E-state index >= 15 is 0 Å². The van der Waals surface area contributed by atoms with Crippen LogP contribution in [0.25, 0.3) is 0 Å². The summed E-state index contributed by atoms with van der Waals surface area (Å²) in [5.74, 6) is -5.03. The Kier molecular flexibility index (Phi) is 15.2. The summed E-state index contributed by atoms with van der Waals surface area (Å²) in [5, 5.41) is 40.7. The van der Waals surface area contributed by atoms with Crippen molar-refractivity contribution in [1.82, 2.24) is 9.80 Å². The molecule has 38 heavy (non-hydrogen) atoms. The molecule has 1 fully saturated rings. The molecule has 0 saturated carbocycles. The lowest BCUT2D eigenvalue weighted by Crippen LogP contribution is -2.47. The minimum Gasteiger partial charge on any atom is -0.478 e. The van der Waals surface area contributed by atoms with Gasteiger partial charge in [0.15, 0.2) is 0 Å². The first-order chi connectivity index (χ1) is 18.0. The Morgan fingerprint density at radius 3 is 1.63 bits per heavy atom. The van der Waals surface area contributed by atoms with E-state index in [1.807, 2.05) is 6.92 Å². The summed E-state index contributed by atoms with van der Waals surface area (Å²) in [5.41, 5.74) is 4.66. The molecule has 1 atom stereocenters. The normalized spacial score (nSPS) is 16.8. The molecule has 1 saturated heterocycles. The summed E-state index contributed by atoms with van der Waals surface area (Å²) in [4.78, 5) is 43.1. The smallest absolute Gasteiger partial charge is 0.328 e. The van der Waals surface area contributed by atoms with Crippen LogP contribution < -0.4 is 0 Å². The second kappa shape index (κ2) is 17.8. The molecule has 1 aliphatic heterocycles. The van der Waals surface area contributed by atoms with Crippen LogP contribution in [0.2, 0.25) is 0 Å². The average Bonchev–Trinajstić information content (AvgIpc) is 3.08. The van der Waals surface area contributed by atoms with Crippen LogP contribution in [-0.2, 0) is 38.6 Å². The number of β-amino-alcohol motifs (C(OH)–C–C–N with tert-alkyl or cyclic N) is 1. The lowest BCUT2D eigenvalue weighted by atomic mass is 10.00. The van der Waals surface area contributed by atoms with Gasteiger partial charge in [-0.25, -0.2) is 19.2 Å². The van der Waals surface area contributed by atoms with Crippen molar-refractivity contribution in [3.63, 3.8) is 0 Å². The van der Waals surface area contributed by atoms with Gasteiger partial charge in [0.1, 0.15) is 0 Å². The van der Waals surface area contributed by atoms with E-state index in [-0.39, 0.29) is 6.10 Å². The fourth-order valence-corrected chi connectivity index (χ4v) is 4.11. The van der Waals surface area contributed by atoms with Crippen molar-refractivity contribution in [1.29, 1.82) is 0 Å². The highest BCUT2D eigenvalue weighted by Gasteiger charge is 2.18. The molecule has 0 bridgehead atoms. The molecule has 1 heterocycles. The molecule has 210 valence electrons. The van der Waals surface area contributed by atoms with Crippen molar-refractivity contribution in [2.45, 2.75) is 51.7 Å². The molecular formula is C27H38N2O9. The van der Waals surface area contributed by atoms with Crippen LogP contribution in [0.5, 0.6) is 0 Å². The van der Waals surface area contributed by atoms with Crippen molar-refractivity contribution in [3.8, 4) is 0 Å². The third kappa shape index (κ3) is 15.5. The van der Waals surface area contributed by atoms with Crippen LogP contribution in [0, 0.1) is 0 Å². The van der Waals surface area contributed by atoms with Gasteiger partial charge in [-0.05, 0) is 49.3 Å². The maximum absolute atomic E-state index is 9.55. The summed E-state index contributed by atoms with van der Waals surface area (Å²) < 4.78 is 0. The number of aliphatic hydroxyl groups is 1. The number of carboxylic acids is 4. The van der Waals surface area contributed by atoms with Gasteiger partial charge in [0, 0.05) is 63.6 Å². The molecule has 11 nitrogen and oxygen atoms in total. The molecule has 0 aromatic heterocycles. The topological polar surface area (TPSA) is 176 Å². The lowest BCUT2D eigenvalue weighted by Gasteiger charge is -2.35. The van der Waals surface area contributed by atoms with Gasteiger partial charge >= 0.3 is 23.9 Å². The van der Waals surface area contributed by atoms with Crippen LogP contribution in [-0.4, -0.2) is 98.0 Å². The standard InChI is InChI=1S/C19H30N2O.2C4H4O4/c1-16(22)14-20-9-11-21(12-10-20)15-17-7-8-18-5-3-2-4-6-19(18)13-17;2*5-3(6)1-2-4(7)8/h7-8,13,16,22H,2-6,9-12,14-15H2,1H3;2*1-2H,(H,5,6)(H,7,8)/b;2*2-1+. The molecule has 0 spiro atoms. The van der Waals surface area contributed by atoms with Gasteiger partial charge < -0.3 is 25.5 Å². The van der Waals surface area contributed by atoms with Gasteiger partial charge in [0.05, 0.1) is 6.10 Å². The second-order valence-electron chi connectivity index (χ2n) is 9.11. The summed E-state index contributed by atoms with van der Waals surface area (Å²) in [7, 11) is 0. The van der Waals surface area contributed by atoms with E-state index < -0.39 is 23.9 Å². The number of piperazine rings is 1. The fraction of sp³-hybridized carbons (Fsp3) is 0.481. The number of fused-ring (bicyclic) bond motifs is 1. The highest BCUT2D eigenvalue weighted by Crippen LogP contribution is 2.22. The van der Waals surface area contributed by atoms with Crippen molar-refractivity contribution >= 4 is 23.9 Å². The Morgan fingerprint density at radius 2 is 1.18 bits per heavy atom. The number of nitrogens with zero attached hydrogens (tertiary/aromatic N) is 2. The molecule has 0 radical (unpaired) electrons. The molecule has 0 amide bonds. The Labute approximate surface area is 222 Å². The molecule has 11 heteroatoms.